The van der Waals surface area contributed by atoms with Crippen LogP contribution in [-0.4, -0.2) is 31.1 Å². The van der Waals surface area contributed by atoms with Gasteiger partial charge in [0.1, 0.15) is 0 Å². The summed E-state index contributed by atoms with van der Waals surface area (Å²) in [4.78, 5) is 5.62. The summed E-state index contributed by atoms with van der Waals surface area (Å²) in [6, 6.07) is 14.2. The highest BCUT2D eigenvalue weighted by Crippen LogP contribution is 2.34. The molecule has 3 heteroatoms. The van der Waals surface area contributed by atoms with Crippen molar-refractivity contribution in [2.75, 3.05) is 26.2 Å². The fourth-order valence-corrected chi connectivity index (χ4v) is 4.28. The highest BCUT2D eigenvalue weighted by molar-refractivity contribution is 7.12. The second-order valence-electron chi connectivity index (χ2n) is 6.11. The average molecular weight is 314 g/mol. The maximum atomic E-state index is 3.52. The minimum absolute atomic E-state index is 0.408. The maximum Gasteiger partial charge on any atom is 0.0696 e. The minimum atomic E-state index is 0.408. The summed E-state index contributed by atoms with van der Waals surface area (Å²) in [5.41, 5.74) is 2.76. The first-order chi connectivity index (χ1) is 10.8. The molecule has 1 fully saturated rings. The van der Waals surface area contributed by atoms with Gasteiger partial charge in [-0.05, 0) is 44.0 Å². The van der Waals surface area contributed by atoms with E-state index in [9.17, 15) is 0 Å². The first kappa shape index (κ1) is 15.7. The van der Waals surface area contributed by atoms with Crippen LogP contribution in [0.4, 0.5) is 0 Å². The van der Waals surface area contributed by atoms with Crippen LogP contribution in [0.3, 0.4) is 0 Å². The molecule has 0 radical (unpaired) electrons. The van der Waals surface area contributed by atoms with Gasteiger partial charge in [-0.1, -0.05) is 36.8 Å². The Bertz CT molecular complexity index is 580. The number of hydrogen-bond acceptors (Lipinski definition) is 3. The predicted molar refractivity (Wildman–Crippen MR) is 95.8 cm³/mol. The first-order valence-electron chi connectivity index (χ1n) is 8.38. The number of hydrogen-bond donors (Lipinski definition) is 1. The molecule has 2 heterocycles. The van der Waals surface area contributed by atoms with Crippen LogP contribution in [-0.2, 0) is 6.42 Å². The Kier molecular flexibility index (Phi) is 5.29. The van der Waals surface area contributed by atoms with E-state index in [1.807, 2.05) is 11.3 Å². The molecule has 0 amide bonds. The lowest BCUT2D eigenvalue weighted by Gasteiger charge is -2.30. The number of rotatable bonds is 4. The van der Waals surface area contributed by atoms with E-state index in [0.29, 0.717) is 6.04 Å². The Morgan fingerprint density at radius 2 is 1.91 bits per heavy atom. The second kappa shape index (κ2) is 7.40. The molecule has 0 saturated carbocycles. The topological polar surface area (TPSA) is 15.3 Å². The number of nitrogens with zero attached hydrogens (tertiary/aromatic N) is 1. The molecule has 1 unspecified atom stereocenters. The standard InChI is InChI=1S/C19H26N2S/c1-3-17-9-10-18(22-17)19(16-7-5-15(2)6-8-16)21-13-4-11-20-12-14-21/h5-10,19-20H,3-4,11-14H2,1-2H3. The maximum absolute atomic E-state index is 3.52. The molecule has 1 aliphatic heterocycles. The quantitative estimate of drug-likeness (QED) is 0.917. The fourth-order valence-electron chi connectivity index (χ4n) is 3.16. The third-order valence-electron chi connectivity index (χ3n) is 4.43. The molecule has 22 heavy (non-hydrogen) atoms. The largest absolute Gasteiger partial charge is 0.315 e. The lowest BCUT2D eigenvalue weighted by molar-refractivity contribution is 0.244. The normalized spacial score (nSPS) is 18.1. The van der Waals surface area contributed by atoms with Crippen LogP contribution in [0.2, 0.25) is 0 Å². The number of thiophene rings is 1. The Balaban J connectivity index is 1.94. The lowest BCUT2D eigenvalue weighted by atomic mass is 10.0. The van der Waals surface area contributed by atoms with Crippen molar-refractivity contribution in [1.29, 1.82) is 0 Å². The molecule has 118 valence electrons. The third kappa shape index (κ3) is 3.60. The van der Waals surface area contributed by atoms with E-state index in [0.717, 1.165) is 26.1 Å². The Morgan fingerprint density at radius 1 is 1.09 bits per heavy atom. The van der Waals surface area contributed by atoms with E-state index in [1.54, 1.807) is 0 Å². The molecule has 0 bridgehead atoms. The molecular weight excluding hydrogens is 288 g/mol. The number of aryl methyl sites for hydroxylation is 2. The first-order valence-corrected chi connectivity index (χ1v) is 9.19. The van der Waals surface area contributed by atoms with E-state index in [-0.39, 0.29) is 0 Å². The Hall–Kier alpha value is -1.16. The van der Waals surface area contributed by atoms with Crippen LogP contribution < -0.4 is 5.32 Å². The van der Waals surface area contributed by atoms with Crippen molar-refractivity contribution in [3.8, 4) is 0 Å². The molecular formula is C19H26N2S. The zero-order valence-corrected chi connectivity index (χ0v) is 14.5. The van der Waals surface area contributed by atoms with Gasteiger partial charge in [0.2, 0.25) is 0 Å². The van der Waals surface area contributed by atoms with Crippen LogP contribution in [0.25, 0.3) is 0 Å². The van der Waals surface area contributed by atoms with Crippen molar-refractivity contribution in [2.24, 2.45) is 0 Å². The molecule has 1 aromatic carbocycles. The monoisotopic (exact) mass is 314 g/mol. The highest BCUT2D eigenvalue weighted by atomic mass is 32.1. The zero-order chi connectivity index (χ0) is 15.4. The highest BCUT2D eigenvalue weighted by Gasteiger charge is 2.24. The summed E-state index contributed by atoms with van der Waals surface area (Å²) in [7, 11) is 0. The third-order valence-corrected chi connectivity index (χ3v) is 5.72. The van der Waals surface area contributed by atoms with Crippen LogP contribution >= 0.6 is 11.3 Å². The molecule has 2 aromatic rings. The SMILES string of the molecule is CCc1ccc(C(c2ccc(C)cc2)N2CCCNCC2)s1. The summed E-state index contributed by atoms with van der Waals surface area (Å²) in [6.07, 6.45) is 2.36. The predicted octanol–water partition coefficient (Wildman–Crippen LogP) is 4.00. The molecule has 0 aliphatic carbocycles. The van der Waals surface area contributed by atoms with Gasteiger partial charge in [-0.2, -0.15) is 0 Å². The van der Waals surface area contributed by atoms with Crippen LogP contribution in [0.1, 0.15) is 40.3 Å². The van der Waals surface area contributed by atoms with Gasteiger partial charge in [-0.3, -0.25) is 4.90 Å². The van der Waals surface area contributed by atoms with Crippen LogP contribution in [0.15, 0.2) is 36.4 Å². The summed E-state index contributed by atoms with van der Waals surface area (Å²) in [6.45, 7) is 8.93. The molecule has 3 rings (SSSR count). The van der Waals surface area contributed by atoms with Gasteiger partial charge in [-0.15, -0.1) is 11.3 Å². The fraction of sp³-hybridized carbons (Fsp3) is 0.474. The van der Waals surface area contributed by atoms with Crippen molar-refractivity contribution in [2.45, 2.75) is 32.7 Å². The van der Waals surface area contributed by atoms with E-state index in [4.69, 9.17) is 0 Å². The summed E-state index contributed by atoms with van der Waals surface area (Å²) < 4.78 is 0. The average Bonchev–Trinajstić information content (AvgIpc) is 2.84. The smallest absolute Gasteiger partial charge is 0.0696 e. The van der Waals surface area contributed by atoms with Gasteiger partial charge in [-0.25, -0.2) is 0 Å². The van der Waals surface area contributed by atoms with Crippen molar-refractivity contribution in [3.63, 3.8) is 0 Å². The molecule has 0 spiro atoms. The summed E-state index contributed by atoms with van der Waals surface area (Å²) in [5, 5.41) is 3.52. The van der Waals surface area contributed by atoms with Crippen LogP contribution in [0, 0.1) is 6.92 Å². The minimum Gasteiger partial charge on any atom is -0.315 e. The molecule has 1 aromatic heterocycles. The summed E-state index contributed by atoms with van der Waals surface area (Å²) >= 11 is 1.98. The van der Waals surface area contributed by atoms with Gasteiger partial charge in [0.15, 0.2) is 0 Å². The van der Waals surface area contributed by atoms with E-state index < -0.39 is 0 Å². The zero-order valence-electron chi connectivity index (χ0n) is 13.6. The molecule has 1 N–H and O–H groups in total. The Morgan fingerprint density at radius 3 is 2.64 bits per heavy atom. The van der Waals surface area contributed by atoms with E-state index in [1.165, 1.54) is 33.8 Å². The summed E-state index contributed by atoms with van der Waals surface area (Å²) in [5.74, 6) is 0. The number of benzene rings is 1. The molecule has 2 nitrogen and oxygen atoms in total. The van der Waals surface area contributed by atoms with E-state index >= 15 is 0 Å². The van der Waals surface area contributed by atoms with Crippen molar-refractivity contribution >= 4 is 11.3 Å². The Labute approximate surface area is 138 Å². The molecule has 1 aliphatic rings. The van der Waals surface area contributed by atoms with Crippen molar-refractivity contribution < 1.29 is 0 Å². The van der Waals surface area contributed by atoms with Gasteiger partial charge < -0.3 is 5.32 Å². The van der Waals surface area contributed by atoms with Gasteiger partial charge in [0.05, 0.1) is 6.04 Å². The lowest BCUT2D eigenvalue weighted by Crippen LogP contribution is -2.32. The van der Waals surface area contributed by atoms with Gasteiger partial charge in [0, 0.05) is 29.4 Å². The second-order valence-corrected chi connectivity index (χ2v) is 7.31. The van der Waals surface area contributed by atoms with Crippen molar-refractivity contribution in [1.82, 2.24) is 10.2 Å². The van der Waals surface area contributed by atoms with Gasteiger partial charge >= 0.3 is 0 Å². The van der Waals surface area contributed by atoms with E-state index in [2.05, 4.69) is 60.5 Å². The van der Waals surface area contributed by atoms with Crippen molar-refractivity contribution in [3.05, 3.63) is 57.3 Å². The van der Waals surface area contributed by atoms with Gasteiger partial charge in [0.25, 0.3) is 0 Å². The molecule has 1 atom stereocenters. The van der Waals surface area contributed by atoms with Crippen LogP contribution in [0.5, 0.6) is 0 Å². The molecule has 1 saturated heterocycles. The number of nitrogens with one attached hydrogen (secondary N) is 1.